The maximum atomic E-state index is 13.0. The molecule has 1 N–H and O–H groups in total. The second-order valence-electron chi connectivity index (χ2n) is 7.02. The van der Waals surface area contributed by atoms with Crippen LogP contribution in [0.3, 0.4) is 0 Å². The fourth-order valence-corrected chi connectivity index (χ4v) is 3.51. The molecule has 0 spiro atoms. The summed E-state index contributed by atoms with van der Waals surface area (Å²) in [4.78, 5) is 12.6. The SMILES string of the molecule is Cn1ccc2cc(NC(=O)/C=C3\CCCOc4cc(C(F)(F)F)ccc43)ccc21. The van der Waals surface area contributed by atoms with Crippen LogP contribution < -0.4 is 10.1 Å². The van der Waals surface area contributed by atoms with Crippen molar-refractivity contribution < 1.29 is 22.7 Å². The van der Waals surface area contributed by atoms with Crippen LogP contribution >= 0.6 is 0 Å². The number of aryl methyl sites for hydroxylation is 1. The zero-order chi connectivity index (χ0) is 20.6. The Morgan fingerprint density at radius 3 is 2.79 bits per heavy atom. The highest BCUT2D eigenvalue weighted by Gasteiger charge is 2.32. The van der Waals surface area contributed by atoms with Crippen molar-refractivity contribution in [1.29, 1.82) is 0 Å². The molecular weight excluding hydrogens is 381 g/mol. The topological polar surface area (TPSA) is 43.3 Å². The highest BCUT2D eigenvalue weighted by Crippen LogP contribution is 2.38. The van der Waals surface area contributed by atoms with Crippen molar-refractivity contribution in [2.45, 2.75) is 19.0 Å². The molecule has 2 heterocycles. The van der Waals surface area contributed by atoms with Crippen molar-refractivity contribution in [3.63, 3.8) is 0 Å². The summed E-state index contributed by atoms with van der Waals surface area (Å²) in [5.41, 5.74) is 2.12. The number of carbonyl (C=O) groups is 1. The first kappa shape index (κ1) is 19.1. The summed E-state index contributed by atoms with van der Waals surface area (Å²) in [6.07, 6.45) is 0.0997. The van der Waals surface area contributed by atoms with Crippen molar-refractivity contribution >= 4 is 28.1 Å². The van der Waals surface area contributed by atoms with Gasteiger partial charge in [-0.3, -0.25) is 4.79 Å². The molecule has 0 unspecified atom stereocenters. The first-order chi connectivity index (χ1) is 13.8. The van der Waals surface area contributed by atoms with Crippen LogP contribution in [-0.4, -0.2) is 17.1 Å². The lowest BCUT2D eigenvalue weighted by Gasteiger charge is -2.13. The average Bonchev–Trinajstić information content (AvgIpc) is 2.91. The number of rotatable bonds is 2. The predicted octanol–water partition coefficient (Wildman–Crippen LogP) is 5.39. The van der Waals surface area contributed by atoms with Gasteiger partial charge in [0.25, 0.3) is 0 Å². The van der Waals surface area contributed by atoms with Gasteiger partial charge in [-0.05, 0) is 54.8 Å². The summed E-state index contributed by atoms with van der Waals surface area (Å²) in [7, 11) is 1.95. The van der Waals surface area contributed by atoms with Gasteiger partial charge < -0.3 is 14.6 Å². The second-order valence-corrected chi connectivity index (χ2v) is 7.02. The van der Waals surface area contributed by atoms with Crippen LogP contribution in [0.15, 0.2) is 54.7 Å². The van der Waals surface area contributed by atoms with Gasteiger partial charge in [0, 0.05) is 41.5 Å². The van der Waals surface area contributed by atoms with Gasteiger partial charge in [0.05, 0.1) is 12.2 Å². The number of alkyl halides is 3. The van der Waals surface area contributed by atoms with Gasteiger partial charge in [-0.15, -0.1) is 0 Å². The number of anilines is 1. The molecule has 1 aliphatic rings. The molecule has 2 aromatic carbocycles. The molecule has 0 fully saturated rings. The molecule has 0 atom stereocenters. The molecule has 4 rings (SSSR count). The van der Waals surface area contributed by atoms with E-state index in [0.717, 1.165) is 23.0 Å². The van der Waals surface area contributed by atoms with Crippen molar-refractivity contribution in [2.75, 3.05) is 11.9 Å². The largest absolute Gasteiger partial charge is 0.493 e. The Morgan fingerprint density at radius 1 is 1.17 bits per heavy atom. The van der Waals surface area contributed by atoms with E-state index in [9.17, 15) is 18.0 Å². The molecule has 150 valence electrons. The van der Waals surface area contributed by atoms with Crippen LogP contribution in [0.25, 0.3) is 16.5 Å². The van der Waals surface area contributed by atoms with E-state index >= 15 is 0 Å². The summed E-state index contributed by atoms with van der Waals surface area (Å²) in [5.74, 6) is -0.176. The van der Waals surface area contributed by atoms with Gasteiger partial charge in [0.15, 0.2) is 0 Å². The minimum absolute atomic E-state index is 0.155. The maximum Gasteiger partial charge on any atom is 0.416 e. The predicted molar refractivity (Wildman–Crippen MR) is 106 cm³/mol. The van der Waals surface area contributed by atoms with Crippen molar-refractivity contribution in [2.24, 2.45) is 7.05 Å². The van der Waals surface area contributed by atoms with Gasteiger partial charge in [-0.25, -0.2) is 0 Å². The fourth-order valence-electron chi connectivity index (χ4n) is 3.51. The molecule has 0 aliphatic carbocycles. The van der Waals surface area contributed by atoms with Gasteiger partial charge in [0.2, 0.25) is 5.91 Å². The van der Waals surface area contributed by atoms with Crippen LogP contribution in [-0.2, 0) is 18.0 Å². The number of ether oxygens (including phenoxy) is 1. The Hall–Kier alpha value is -3.22. The summed E-state index contributed by atoms with van der Waals surface area (Å²) >= 11 is 0. The first-order valence-electron chi connectivity index (χ1n) is 9.22. The third-order valence-corrected chi connectivity index (χ3v) is 4.96. The van der Waals surface area contributed by atoms with E-state index in [0.29, 0.717) is 36.3 Å². The van der Waals surface area contributed by atoms with Crippen LogP contribution in [0.5, 0.6) is 5.75 Å². The summed E-state index contributed by atoms with van der Waals surface area (Å²) in [5, 5.41) is 3.84. The lowest BCUT2D eigenvalue weighted by molar-refractivity contribution is -0.137. The quantitative estimate of drug-likeness (QED) is 0.586. The molecular formula is C22H19F3N2O2. The van der Waals surface area contributed by atoms with E-state index in [1.807, 2.05) is 42.1 Å². The molecule has 1 aromatic heterocycles. The van der Waals surface area contributed by atoms with Gasteiger partial charge in [0.1, 0.15) is 5.75 Å². The Bertz CT molecular complexity index is 1110. The van der Waals surface area contributed by atoms with Crippen LogP contribution in [0.4, 0.5) is 18.9 Å². The van der Waals surface area contributed by atoms with Crippen molar-refractivity contribution in [1.82, 2.24) is 4.57 Å². The average molecular weight is 400 g/mol. The normalized spacial score (nSPS) is 15.7. The number of amides is 1. The number of hydrogen-bond donors (Lipinski definition) is 1. The van der Waals surface area contributed by atoms with E-state index in [2.05, 4.69) is 5.32 Å². The molecule has 7 heteroatoms. The zero-order valence-electron chi connectivity index (χ0n) is 15.7. The number of aromatic nitrogens is 1. The molecule has 4 nitrogen and oxygen atoms in total. The van der Waals surface area contributed by atoms with Crippen LogP contribution in [0, 0.1) is 0 Å². The fraction of sp³-hybridized carbons (Fsp3) is 0.227. The monoisotopic (exact) mass is 400 g/mol. The van der Waals surface area contributed by atoms with E-state index in [1.165, 1.54) is 12.1 Å². The minimum atomic E-state index is -4.44. The Labute approximate surface area is 165 Å². The number of halogens is 3. The number of nitrogens with one attached hydrogen (secondary N) is 1. The van der Waals surface area contributed by atoms with Gasteiger partial charge >= 0.3 is 6.18 Å². The van der Waals surface area contributed by atoms with E-state index in [-0.39, 0.29) is 11.7 Å². The molecule has 0 saturated heterocycles. The minimum Gasteiger partial charge on any atom is -0.493 e. The number of benzene rings is 2. The molecule has 1 aliphatic heterocycles. The standard InChI is InChI=1S/C22H19F3N2O2/c1-27-9-8-15-11-17(5-7-19(15)27)26-21(28)12-14-3-2-10-29-20-13-16(22(23,24)25)4-6-18(14)20/h4-9,11-13H,2-3,10H2,1H3,(H,26,28)/b14-12+. The zero-order valence-corrected chi connectivity index (χ0v) is 15.7. The third kappa shape index (κ3) is 3.99. The number of carbonyl (C=O) groups excluding carboxylic acids is 1. The maximum absolute atomic E-state index is 13.0. The summed E-state index contributed by atoms with van der Waals surface area (Å²) in [6.45, 7) is 0.304. The molecule has 1 amide bonds. The van der Waals surface area contributed by atoms with Gasteiger partial charge in [-0.2, -0.15) is 13.2 Å². The molecule has 0 radical (unpaired) electrons. The Kier molecular flexibility index (Phi) is 4.82. The van der Waals surface area contributed by atoms with Crippen molar-refractivity contribution in [3.05, 3.63) is 65.9 Å². The third-order valence-electron chi connectivity index (χ3n) is 4.96. The lowest BCUT2D eigenvalue weighted by Crippen LogP contribution is -2.09. The van der Waals surface area contributed by atoms with E-state index in [4.69, 9.17) is 4.74 Å². The highest BCUT2D eigenvalue weighted by atomic mass is 19.4. The summed E-state index contributed by atoms with van der Waals surface area (Å²) in [6, 6.07) is 11.0. The molecule has 0 saturated carbocycles. The first-order valence-corrected chi connectivity index (χ1v) is 9.22. The van der Waals surface area contributed by atoms with Gasteiger partial charge in [-0.1, -0.05) is 6.07 Å². The number of hydrogen-bond acceptors (Lipinski definition) is 2. The highest BCUT2D eigenvalue weighted by molar-refractivity contribution is 6.05. The van der Waals surface area contributed by atoms with Crippen LogP contribution in [0.2, 0.25) is 0 Å². The lowest BCUT2D eigenvalue weighted by atomic mass is 9.99. The smallest absolute Gasteiger partial charge is 0.416 e. The molecule has 3 aromatic rings. The van der Waals surface area contributed by atoms with Crippen molar-refractivity contribution in [3.8, 4) is 5.75 Å². The second kappa shape index (κ2) is 7.31. The summed E-state index contributed by atoms with van der Waals surface area (Å²) < 4.78 is 46.4. The number of allylic oxidation sites excluding steroid dienone is 1. The van der Waals surface area contributed by atoms with E-state index in [1.54, 1.807) is 0 Å². The Balaban J connectivity index is 1.60. The molecule has 29 heavy (non-hydrogen) atoms. The van der Waals surface area contributed by atoms with Crippen LogP contribution in [0.1, 0.15) is 24.0 Å². The van der Waals surface area contributed by atoms with E-state index < -0.39 is 11.7 Å². The number of fused-ring (bicyclic) bond motifs is 2. The molecule has 0 bridgehead atoms. The Morgan fingerprint density at radius 2 is 2.00 bits per heavy atom. The number of nitrogens with zero attached hydrogens (tertiary/aromatic N) is 1.